The summed E-state index contributed by atoms with van der Waals surface area (Å²) in [5.74, 6) is -0.574. The van der Waals surface area contributed by atoms with Crippen LogP contribution in [0.1, 0.15) is 20.7 Å². The van der Waals surface area contributed by atoms with Gasteiger partial charge in [-0.1, -0.05) is 11.6 Å². The summed E-state index contributed by atoms with van der Waals surface area (Å²) in [5, 5.41) is 10.8. The van der Waals surface area contributed by atoms with Crippen LogP contribution in [-0.4, -0.2) is 31.0 Å². The second kappa shape index (κ2) is 8.17. The average molecular weight is 380 g/mol. The van der Waals surface area contributed by atoms with Crippen LogP contribution in [0.25, 0.3) is 0 Å². The summed E-state index contributed by atoms with van der Waals surface area (Å²) in [6, 6.07) is 8.03. The summed E-state index contributed by atoms with van der Waals surface area (Å²) in [5.41, 5.74) is 4.12. The van der Waals surface area contributed by atoms with Crippen molar-refractivity contribution in [2.75, 3.05) is 14.2 Å². The molecule has 0 saturated carbocycles. The largest absolute Gasteiger partial charge is 0.497 e. The summed E-state index contributed by atoms with van der Waals surface area (Å²) in [4.78, 5) is 34.4. The van der Waals surface area contributed by atoms with E-state index in [2.05, 4.69) is 10.9 Å². The van der Waals surface area contributed by atoms with Crippen molar-refractivity contribution in [3.8, 4) is 11.5 Å². The van der Waals surface area contributed by atoms with Crippen LogP contribution < -0.4 is 20.3 Å². The third kappa shape index (κ3) is 4.39. The van der Waals surface area contributed by atoms with E-state index < -0.39 is 22.4 Å². The summed E-state index contributed by atoms with van der Waals surface area (Å²) in [6.45, 7) is 0. The van der Waals surface area contributed by atoms with E-state index in [4.69, 9.17) is 21.1 Å². The normalized spacial score (nSPS) is 9.96. The molecule has 9 nitrogen and oxygen atoms in total. The second-order valence-electron chi connectivity index (χ2n) is 4.93. The van der Waals surface area contributed by atoms with Gasteiger partial charge in [0.05, 0.1) is 19.1 Å². The minimum atomic E-state index is -0.743. The molecule has 2 aromatic rings. The van der Waals surface area contributed by atoms with Crippen LogP contribution in [0.3, 0.4) is 0 Å². The number of nitro benzene ring substituents is 1. The van der Waals surface area contributed by atoms with Gasteiger partial charge in [0.15, 0.2) is 0 Å². The quantitative estimate of drug-likeness (QED) is 0.607. The molecule has 0 radical (unpaired) electrons. The molecule has 0 heterocycles. The standard InChI is InChI=1S/C16H14ClN3O6/c1-25-11-5-10(6-12(8-11)26-2)16(22)19-18-15(21)9-3-4-13(17)14(7-9)20(23)24/h3-8H,1-2H3,(H,18,21)(H,19,22). The van der Waals surface area contributed by atoms with Crippen LogP contribution in [0.4, 0.5) is 5.69 Å². The van der Waals surface area contributed by atoms with Crippen molar-refractivity contribution in [1.29, 1.82) is 0 Å². The molecule has 0 aromatic heterocycles. The van der Waals surface area contributed by atoms with Crippen LogP contribution in [0.15, 0.2) is 36.4 Å². The Labute approximate surface area is 153 Å². The highest BCUT2D eigenvalue weighted by Crippen LogP contribution is 2.25. The fourth-order valence-corrected chi connectivity index (χ4v) is 2.18. The van der Waals surface area contributed by atoms with Crippen molar-refractivity contribution in [3.05, 3.63) is 62.7 Å². The Balaban J connectivity index is 2.11. The molecule has 10 heteroatoms. The molecule has 0 fully saturated rings. The zero-order valence-electron chi connectivity index (χ0n) is 13.7. The maximum Gasteiger partial charge on any atom is 0.288 e. The molecule has 136 valence electrons. The predicted octanol–water partition coefficient (Wildman–Crippen LogP) is 2.34. The van der Waals surface area contributed by atoms with E-state index in [-0.39, 0.29) is 16.1 Å². The fraction of sp³-hybridized carbons (Fsp3) is 0.125. The maximum absolute atomic E-state index is 12.2. The van der Waals surface area contributed by atoms with Gasteiger partial charge in [0.2, 0.25) is 0 Å². The lowest BCUT2D eigenvalue weighted by molar-refractivity contribution is -0.384. The Morgan fingerprint density at radius 3 is 2.00 bits per heavy atom. The third-order valence-corrected chi connectivity index (χ3v) is 3.63. The number of methoxy groups -OCH3 is 2. The molecule has 0 aliphatic carbocycles. The highest BCUT2D eigenvalue weighted by Gasteiger charge is 2.17. The number of halogens is 1. The molecule has 2 amide bonds. The van der Waals surface area contributed by atoms with Gasteiger partial charge in [-0.05, 0) is 24.3 Å². The van der Waals surface area contributed by atoms with Gasteiger partial charge < -0.3 is 9.47 Å². The van der Waals surface area contributed by atoms with Gasteiger partial charge in [0, 0.05) is 23.3 Å². The first kappa shape index (κ1) is 19.0. The number of hydrazine groups is 1. The van der Waals surface area contributed by atoms with Gasteiger partial charge in [0.1, 0.15) is 16.5 Å². The SMILES string of the molecule is COc1cc(OC)cc(C(=O)NNC(=O)c2ccc(Cl)c([N+](=O)[O-])c2)c1. The van der Waals surface area contributed by atoms with E-state index >= 15 is 0 Å². The van der Waals surface area contributed by atoms with Gasteiger partial charge >= 0.3 is 0 Å². The van der Waals surface area contributed by atoms with Crippen molar-refractivity contribution in [3.63, 3.8) is 0 Å². The molecule has 0 spiro atoms. The number of carbonyl (C=O) groups is 2. The maximum atomic E-state index is 12.2. The van der Waals surface area contributed by atoms with Gasteiger partial charge in [-0.3, -0.25) is 30.6 Å². The number of nitrogens with one attached hydrogen (secondary N) is 2. The third-order valence-electron chi connectivity index (χ3n) is 3.31. The molecule has 0 unspecified atom stereocenters. The van der Waals surface area contributed by atoms with Crippen molar-refractivity contribution in [2.45, 2.75) is 0 Å². The lowest BCUT2D eigenvalue weighted by Crippen LogP contribution is -2.41. The number of rotatable bonds is 5. The minimum Gasteiger partial charge on any atom is -0.497 e. The van der Waals surface area contributed by atoms with E-state index in [1.54, 1.807) is 6.07 Å². The second-order valence-corrected chi connectivity index (χ2v) is 5.34. The first-order valence-corrected chi connectivity index (χ1v) is 7.51. The minimum absolute atomic E-state index is 0.0374. The average Bonchev–Trinajstić information content (AvgIpc) is 2.65. The molecule has 0 aliphatic rings. The Morgan fingerprint density at radius 2 is 1.50 bits per heavy atom. The van der Waals surface area contributed by atoms with Crippen LogP contribution in [0.5, 0.6) is 11.5 Å². The first-order chi connectivity index (χ1) is 12.3. The van der Waals surface area contributed by atoms with Crippen LogP contribution in [0, 0.1) is 10.1 Å². The molecule has 2 rings (SSSR count). The van der Waals surface area contributed by atoms with E-state index in [1.165, 1.54) is 38.5 Å². The van der Waals surface area contributed by atoms with E-state index in [9.17, 15) is 19.7 Å². The van der Waals surface area contributed by atoms with Gasteiger partial charge in [-0.2, -0.15) is 0 Å². The van der Waals surface area contributed by atoms with Gasteiger partial charge in [-0.15, -0.1) is 0 Å². The number of benzene rings is 2. The van der Waals surface area contributed by atoms with Gasteiger partial charge in [-0.25, -0.2) is 0 Å². The molecule has 2 aromatic carbocycles. The van der Waals surface area contributed by atoms with Crippen LogP contribution in [0.2, 0.25) is 5.02 Å². The molecular weight excluding hydrogens is 366 g/mol. The molecule has 0 bridgehead atoms. The molecule has 26 heavy (non-hydrogen) atoms. The predicted molar refractivity (Wildman–Crippen MR) is 92.6 cm³/mol. The fourth-order valence-electron chi connectivity index (χ4n) is 1.99. The van der Waals surface area contributed by atoms with Crippen molar-refractivity contribution < 1.29 is 24.0 Å². The number of hydrogen-bond acceptors (Lipinski definition) is 6. The number of carbonyl (C=O) groups excluding carboxylic acids is 2. The molecule has 0 aliphatic heterocycles. The Bertz CT molecular complexity index is 849. The van der Waals surface area contributed by atoms with Crippen molar-refractivity contribution in [1.82, 2.24) is 10.9 Å². The van der Waals surface area contributed by atoms with Gasteiger partial charge in [0.25, 0.3) is 17.5 Å². The van der Waals surface area contributed by atoms with Crippen molar-refractivity contribution in [2.24, 2.45) is 0 Å². The Hall–Kier alpha value is -3.33. The lowest BCUT2D eigenvalue weighted by Gasteiger charge is -2.10. The molecule has 0 atom stereocenters. The molecule has 2 N–H and O–H groups in total. The summed E-state index contributed by atoms with van der Waals surface area (Å²) in [7, 11) is 2.87. The smallest absolute Gasteiger partial charge is 0.288 e. The van der Waals surface area contributed by atoms with E-state index in [0.717, 1.165) is 6.07 Å². The lowest BCUT2D eigenvalue weighted by atomic mass is 10.2. The van der Waals surface area contributed by atoms with Crippen molar-refractivity contribution >= 4 is 29.1 Å². The number of ether oxygens (including phenoxy) is 2. The molecule has 0 saturated heterocycles. The Kier molecular flexibility index (Phi) is 5.97. The highest BCUT2D eigenvalue weighted by molar-refractivity contribution is 6.32. The van der Waals surface area contributed by atoms with E-state index in [1.807, 2.05) is 0 Å². The number of nitro groups is 1. The summed E-state index contributed by atoms with van der Waals surface area (Å²) in [6.07, 6.45) is 0. The highest BCUT2D eigenvalue weighted by atomic mass is 35.5. The van der Waals surface area contributed by atoms with Crippen LogP contribution >= 0.6 is 11.6 Å². The number of hydrogen-bond donors (Lipinski definition) is 2. The first-order valence-electron chi connectivity index (χ1n) is 7.13. The zero-order chi connectivity index (χ0) is 19.3. The van der Waals surface area contributed by atoms with Crippen LogP contribution in [-0.2, 0) is 0 Å². The zero-order valence-corrected chi connectivity index (χ0v) is 14.5. The number of amides is 2. The monoisotopic (exact) mass is 379 g/mol. The Morgan fingerprint density at radius 1 is 0.962 bits per heavy atom. The molecular formula is C16H14ClN3O6. The van der Waals surface area contributed by atoms with E-state index in [0.29, 0.717) is 11.5 Å². The summed E-state index contributed by atoms with van der Waals surface area (Å²) >= 11 is 5.69. The topological polar surface area (TPSA) is 120 Å². The number of nitrogens with zero attached hydrogens (tertiary/aromatic N) is 1. The summed E-state index contributed by atoms with van der Waals surface area (Å²) < 4.78 is 10.1.